The van der Waals surface area contributed by atoms with Gasteiger partial charge in [-0.3, -0.25) is 15.7 Å². The van der Waals surface area contributed by atoms with E-state index in [0.29, 0.717) is 24.1 Å². The van der Waals surface area contributed by atoms with Gasteiger partial charge in [0.15, 0.2) is 17.9 Å². The summed E-state index contributed by atoms with van der Waals surface area (Å²) in [6.07, 6.45) is 5.69. The molecule has 2 saturated carbocycles. The number of aromatic nitrogens is 1. The molecule has 7 heteroatoms. The standard InChI is InChI=1S/C19H27N5O2/c1-3-13(26-2)11-23-14-5-4-10-22-16(14)24(15(20)17(23)25)18(21)19(8-9-19)12-6-7-12/h4-5,10,12-13,17,20-21,25H,3,6-9,11H2,1-2H3. The number of hydrogen-bond donors (Lipinski definition) is 3. The van der Waals surface area contributed by atoms with Gasteiger partial charge in [-0.1, -0.05) is 6.92 Å². The number of pyridine rings is 1. The van der Waals surface area contributed by atoms with Gasteiger partial charge in [-0.15, -0.1) is 0 Å². The van der Waals surface area contributed by atoms with Crippen molar-refractivity contribution < 1.29 is 9.84 Å². The lowest BCUT2D eigenvalue weighted by Gasteiger charge is -2.43. The highest BCUT2D eigenvalue weighted by Gasteiger charge is 2.59. The van der Waals surface area contributed by atoms with Crippen LogP contribution in [-0.4, -0.2) is 47.7 Å². The molecule has 7 nitrogen and oxygen atoms in total. The zero-order chi connectivity index (χ0) is 18.5. The van der Waals surface area contributed by atoms with E-state index in [1.165, 1.54) is 12.8 Å². The highest BCUT2D eigenvalue weighted by atomic mass is 16.5. The van der Waals surface area contributed by atoms with Crippen LogP contribution in [0.3, 0.4) is 0 Å². The largest absolute Gasteiger partial charge is 0.380 e. The average Bonchev–Trinajstić information content (AvgIpc) is 3.55. The molecule has 4 rings (SSSR count). The van der Waals surface area contributed by atoms with Crippen molar-refractivity contribution in [2.24, 2.45) is 11.3 Å². The van der Waals surface area contributed by atoms with Crippen molar-refractivity contribution in [2.45, 2.75) is 51.4 Å². The van der Waals surface area contributed by atoms with E-state index in [1.54, 1.807) is 23.1 Å². The molecule has 1 aromatic heterocycles. The number of rotatable bonds is 6. The second-order valence-corrected chi connectivity index (χ2v) is 7.64. The quantitative estimate of drug-likeness (QED) is 0.537. The number of aliphatic hydroxyl groups is 1. The molecular formula is C19H27N5O2. The fourth-order valence-corrected chi connectivity index (χ4v) is 4.14. The summed E-state index contributed by atoms with van der Waals surface area (Å²) >= 11 is 0. The molecule has 3 aliphatic rings. The molecular weight excluding hydrogens is 330 g/mol. The normalized spacial score (nSPS) is 25.0. The van der Waals surface area contributed by atoms with E-state index >= 15 is 0 Å². The van der Waals surface area contributed by atoms with Gasteiger partial charge in [0.05, 0.1) is 11.8 Å². The Balaban J connectivity index is 1.70. The van der Waals surface area contributed by atoms with Crippen LogP contribution in [-0.2, 0) is 4.74 Å². The molecule has 3 N–H and O–H groups in total. The third-order valence-corrected chi connectivity index (χ3v) is 6.10. The summed E-state index contributed by atoms with van der Waals surface area (Å²) in [7, 11) is 1.66. The van der Waals surface area contributed by atoms with E-state index in [-0.39, 0.29) is 17.4 Å². The van der Waals surface area contributed by atoms with Crippen LogP contribution in [0.5, 0.6) is 0 Å². The van der Waals surface area contributed by atoms with Gasteiger partial charge in [-0.25, -0.2) is 4.98 Å². The van der Waals surface area contributed by atoms with Crippen LogP contribution in [0.15, 0.2) is 18.3 Å². The second-order valence-electron chi connectivity index (χ2n) is 7.64. The van der Waals surface area contributed by atoms with E-state index in [9.17, 15) is 5.11 Å². The van der Waals surface area contributed by atoms with E-state index in [2.05, 4.69) is 4.98 Å². The molecule has 1 aromatic rings. The fraction of sp³-hybridized carbons (Fsp3) is 0.632. The predicted octanol–water partition coefficient (Wildman–Crippen LogP) is 2.60. The molecule has 26 heavy (non-hydrogen) atoms. The number of ether oxygens (including phenoxy) is 1. The first-order chi connectivity index (χ1) is 12.5. The molecule has 0 saturated heterocycles. The monoisotopic (exact) mass is 357 g/mol. The lowest BCUT2D eigenvalue weighted by molar-refractivity contribution is 0.0951. The van der Waals surface area contributed by atoms with Gasteiger partial charge in [-0.2, -0.15) is 0 Å². The maximum atomic E-state index is 10.9. The topological polar surface area (TPSA) is 96.5 Å². The van der Waals surface area contributed by atoms with Gasteiger partial charge in [0.25, 0.3) is 0 Å². The van der Waals surface area contributed by atoms with Gasteiger partial charge in [0, 0.05) is 25.3 Å². The Morgan fingerprint density at radius 1 is 1.46 bits per heavy atom. The summed E-state index contributed by atoms with van der Waals surface area (Å²) in [5, 5.41) is 28.3. The number of fused-ring (bicyclic) bond motifs is 1. The Bertz CT molecular complexity index is 724. The summed E-state index contributed by atoms with van der Waals surface area (Å²) in [5.41, 5.74) is 0.643. The van der Waals surface area contributed by atoms with Crippen molar-refractivity contribution in [1.82, 2.24) is 4.98 Å². The van der Waals surface area contributed by atoms with Crippen LogP contribution in [0.4, 0.5) is 11.5 Å². The molecule has 2 atom stereocenters. The summed E-state index contributed by atoms with van der Waals surface area (Å²) in [5.74, 6) is 1.58. The average molecular weight is 357 g/mol. The van der Waals surface area contributed by atoms with Crippen LogP contribution in [0.25, 0.3) is 0 Å². The summed E-state index contributed by atoms with van der Waals surface area (Å²) in [4.78, 5) is 7.83. The minimum atomic E-state index is -1.11. The van der Waals surface area contributed by atoms with Crippen molar-refractivity contribution in [3.63, 3.8) is 0 Å². The zero-order valence-corrected chi connectivity index (χ0v) is 15.4. The van der Waals surface area contributed by atoms with Crippen LogP contribution in [0.1, 0.15) is 39.0 Å². The maximum Gasteiger partial charge on any atom is 0.186 e. The molecule has 140 valence electrons. The first kappa shape index (κ1) is 17.4. The number of methoxy groups -OCH3 is 1. The van der Waals surface area contributed by atoms with Gasteiger partial charge in [0.2, 0.25) is 0 Å². The first-order valence-corrected chi connectivity index (χ1v) is 9.43. The van der Waals surface area contributed by atoms with E-state index in [4.69, 9.17) is 15.6 Å². The van der Waals surface area contributed by atoms with Crippen molar-refractivity contribution in [1.29, 1.82) is 10.8 Å². The van der Waals surface area contributed by atoms with E-state index in [1.807, 2.05) is 19.1 Å². The molecule has 0 spiro atoms. The van der Waals surface area contributed by atoms with Crippen LogP contribution in [0, 0.1) is 22.2 Å². The summed E-state index contributed by atoms with van der Waals surface area (Å²) < 4.78 is 5.48. The molecule has 0 amide bonds. The molecule has 0 radical (unpaired) electrons. The first-order valence-electron chi connectivity index (χ1n) is 9.43. The number of hydrogen-bond acceptors (Lipinski definition) is 6. The summed E-state index contributed by atoms with van der Waals surface area (Å²) in [6, 6.07) is 3.73. The van der Waals surface area contributed by atoms with Gasteiger partial charge in [-0.05, 0) is 50.2 Å². The van der Waals surface area contributed by atoms with Crippen LogP contribution < -0.4 is 9.80 Å². The molecule has 0 bridgehead atoms. The Morgan fingerprint density at radius 2 is 2.19 bits per heavy atom. The lowest BCUT2D eigenvalue weighted by Crippen LogP contribution is -2.58. The minimum absolute atomic E-state index is 0.0130. The molecule has 2 heterocycles. The third-order valence-electron chi connectivity index (χ3n) is 6.10. The third kappa shape index (κ3) is 2.61. The predicted molar refractivity (Wildman–Crippen MR) is 101 cm³/mol. The molecule has 2 fully saturated rings. The van der Waals surface area contributed by atoms with Gasteiger partial charge < -0.3 is 14.7 Å². The van der Waals surface area contributed by atoms with Crippen molar-refractivity contribution >= 4 is 23.2 Å². The van der Waals surface area contributed by atoms with Crippen LogP contribution in [0.2, 0.25) is 0 Å². The number of amidine groups is 2. The maximum absolute atomic E-state index is 10.9. The zero-order valence-electron chi connectivity index (χ0n) is 15.4. The molecule has 0 aromatic carbocycles. The SMILES string of the molecule is CCC(CN1c2cccnc2N(C(=N)C2(C3CC3)CC2)C(=N)C1O)OC. The number of nitrogens with one attached hydrogen (secondary N) is 2. The molecule has 2 aliphatic carbocycles. The Hall–Kier alpha value is -1.99. The smallest absolute Gasteiger partial charge is 0.186 e. The van der Waals surface area contributed by atoms with Crippen LogP contribution >= 0.6 is 0 Å². The van der Waals surface area contributed by atoms with Crippen molar-refractivity contribution in [2.75, 3.05) is 23.5 Å². The number of aliphatic hydroxyl groups excluding tert-OH is 1. The van der Waals surface area contributed by atoms with Crippen molar-refractivity contribution in [3.8, 4) is 0 Å². The van der Waals surface area contributed by atoms with E-state index in [0.717, 1.165) is 24.9 Å². The summed E-state index contributed by atoms with van der Waals surface area (Å²) in [6.45, 7) is 2.51. The molecule has 1 aliphatic heterocycles. The fourth-order valence-electron chi connectivity index (χ4n) is 4.14. The Kier molecular flexibility index (Phi) is 4.23. The number of nitrogens with zero attached hydrogens (tertiary/aromatic N) is 3. The highest BCUT2D eigenvalue weighted by molar-refractivity contribution is 6.23. The lowest BCUT2D eigenvalue weighted by atomic mass is 9.97. The van der Waals surface area contributed by atoms with Gasteiger partial charge in [0.1, 0.15) is 5.84 Å². The second kappa shape index (κ2) is 6.32. The highest BCUT2D eigenvalue weighted by Crippen LogP contribution is 2.62. The number of anilines is 2. The van der Waals surface area contributed by atoms with Gasteiger partial charge >= 0.3 is 0 Å². The van der Waals surface area contributed by atoms with E-state index < -0.39 is 6.23 Å². The minimum Gasteiger partial charge on any atom is -0.380 e. The Labute approximate surface area is 154 Å². The van der Waals surface area contributed by atoms with Crippen molar-refractivity contribution in [3.05, 3.63) is 18.3 Å². The molecule has 2 unspecified atom stereocenters. The Morgan fingerprint density at radius 3 is 2.77 bits per heavy atom.